The van der Waals surface area contributed by atoms with Crippen molar-refractivity contribution in [1.82, 2.24) is 0 Å². The molecule has 0 saturated heterocycles. The monoisotopic (exact) mass is 875 g/mol. The summed E-state index contributed by atoms with van der Waals surface area (Å²) in [5.41, 5.74) is 20.0. The molecular weight excluding hydrogens is 808 g/mol. The fourth-order valence-electron chi connectivity index (χ4n) is 12.3. The fourth-order valence-corrected chi connectivity index (χ4v) is 12.3. The minimum Gasteiger partial charge on any atom is -0.312 e. The van der Waals surface area contributed by atoms with Crippen molar-refractivity contribution in [2.45, 2.75) is 105 Å². The van der Waals surface area contributed by atoms with Crippen LogP contribution in [0.5, 0.6) is 0 Å². The van der Waals surface area contributed by atoms with Gasteiger partial charge in [-0.2, -0.15) is 0 Å². The van der Waals surface area contributed by atoms with Crippen molar-refractivity contribution in [2.75, 3.05) is 9.80 Å². The second kappa shape index (κ2) is 16.9. The van der Waals surface area contributed by atoms with Gasteiger partial charge in [0, 0.05) is 45.5 Å². The molecule has 4 aliphatic carbocycles. The molecule has 4 atom stereocenters. The van der Waals surface area contributed by atoms with Gasteiger partial charge < -0.3 is 9.80 Å². The highest BCUT2D eigenvalue weighted by molar-refractivity contribution is 6.96. The Bertz CT molecular complexity index is 2940. The number of anilines is 4. The first-order chi connectivity index (χ1) is 32.4. The second-order valence-corrected chi connectivity index (χ2v) is 22.5. The van der Waals surface area contributed by atoms with Gasteiger partial charge >= 0.3 is 0 Å². The normalized spacial score (nSPS) is 21.9. The number of hydrogen-bond acceptors (Lipinski definition) is 2. The quantitative estimate of drug-likeness (QED) is 0.119. The van der Waals surface area contributed by atoms with Gasteiger partial charge in [-0.05, 0) is 148 Å². The first-order valence-corrected chi connectivity index (χ1v) is 25.3. The van der Waals surface area contributed by atoms with Crippen LogP contribution < -0.4 is 20.7 Å². The topological polar surface area (TPSA) is 6.48 Å². The Morgan fingerprint density at radius 1 is 0.612 bits per heavy atom. The predicted octanol–water partition coefficient (Wildman–Crippen LogP) is 15.9. The predicted molar refractivity (Wildman–Crippen MR) is 288 cm³/mol. The van der Waals surface area contributed by atoms with Crippen molar-refractivity contribution < 1.29 is 0 Å². The average molecular weight is 875 g/mol. The maximum atomic E-state index is 2.74. The molecule has 6 aliphatic rings. The largest absolute Gasteiger partial charge is 0.312 e. The average Bonchev–Trinajstić information content (AvgIpc) is 3.36. The van der Waals surface area contributed by atoms with Gasteiger partial charge in [-0.15, -0.1) is 0 Å². The Balaban J connectivity index is 1.26. The van der Waals surface area contributed by atoms with Crippen LogP contribution in [0.25, 0.3) is 11.1 Å². The molecule has 2 heterocycles. The summed E-state index contributed by atoms with van der Waals surface area (Å²) in [7, 11) is 0. The summed E-state index contributed by atoms with van der Waals surface area (Å²) >= 11 is 0. The Morgan fingerprint density at radius 2 is 1.39 bits per heavy atom. The van der Waals surface area contributed by atoms with Crippen molar-refractivity contribution in [3.05, 3.63) is 215 Å². The number of nitrogens with zero attached hydrogens (tertiary/aromatic N) is 2. The van der Waals surface area contributed by atoms with Crippen LogP contribution in [0.4, 0.5) is 22.7 Å². The summed E-state index contributed by atoms with van der Waals surface area (Å²) in [6.45, 7) is 17.1. The third kappa shape index (κ3) is 7.67. The molecule has 0 radical (unpaired) electrons. The van der Waals surface area contributed by atoms with Gasteiger partial charge in [0.1, 0.15) is 0 Å². The molecule has 2 aliphatic heterocycles. The molecule has 0 aromatic heterocycles. The summed E-state index contributed by atoms with van der Waals surface area (Å²) < 4.78 is 0. The van der Waals surface area contributed by atoms with Crippen molar-refractivity contribution in [3.8, 4) is 11.1 Å². The highest BCUT2D eigenvalue weighted by Gasteiger charge is 2.49. The van der Waals surface area contributed by atoms with E-state index in [-0.39, 0.29) is 28.9 Å². The van der Waals surface area contributed by atoms with Crippen LogP contribution in [-0.2, 0) is 5.41 Å². The number of allylic oxidation sites excluding steroid dienone is 12. The summed E-state index contributed by atoms with van der Waals surface area (Å²) in [5.74, 6) is 1.09. The van der Waals surface area contributed by atoms with Crippen LogP contribution in [-0.4, -0.2) is 6.71 Å². The van der Waals surface area contributed by atoms with E-state index in [1.54, 1.807) is 0 Å². The molecule has 67 heavy (non-hydrogen) atoms. The molecule has 2 nitrogen and oxygen atoms in total. The zero-order chi connectivity index (χ0) is 46.1. The van der Waals surface area contributed by atoms with Crippen molar-refractivity contribution in [2.24, 2.45) is 22.7 Å². The van der Waals surface area contributed by atoms with Gasteiger partial charge in [-0.25, -0.2) is 0 Å². The molecule has 4 unspecified atom stereocenters. The zero-order valence-electron chi connectivity index (χ0n) is 40.9. The lowest BCUT2D eigenvalue weighted by Crippen LogP contribution is -2.58. The second-order valence-electron chi connectivity index (χ2n) is 22.5. The minimum atomic E-state index is -0.333. The lowest BCUT2D eigenvalue weighted by atomic mass is 9.31. The van der Waals surface area contributed by atoms with Gasteiger partial charge in [0.05, 0.1) is 0 Å². The van der Waals surface area contributed by atoms with Gasteiger partial charge in [0.2, 0.25) is 0 Å². The van der Waals surface area contributed by atoms with E-state index in [1.807, 2.05) is 0 Å². The van der Waals surface area contributed by atoms with Crippen LogP contribution in [0.1, 0.15) is 116 Å². The van der Waals surface area contributed by atoms with E-state index in [1.165, 1.54) is 103 Å². The smallest absolute Gasteiger partial charge is 0.251 e. The summed E-state index contributed by atoms with van der Waals surface area (Å²) in [4.78, 5) is 5.42. The molecule has 0 N–H and O–H groups in total. The molecular formula is C64H67BN2. The molecule has 0 fully saturated rings. The Kier molecular flexibility index (Phi) is 11.0. The van der Waals surface area contributed by atoms with Crippen molar-refractivity contribution in [1.29, 1.82) is 0 Å². The molecule has 0 spiro atoms. The first kappa shape index (κ1) is 43.5. The van der Waals surface area contributed by atoms with E-state index in [2.05, 4.69) is 234 Å². The molecule has 5 aromatic carbocycles. The lowest BCUT2D eigenvalue weighted by molar-refractivity contribution is 0.292. The van der Waals surface area contributed by atoms with E-state index in [9.17, 15) is 0 Å². The molecule has 0 bridgehead atoms. The van der Waals surface area contributed by atoms with Crippen molar-refractivity contribution in [3.63, 3.8) is 0 Å². The number of hydrogen-bond donors (Lipinski definition) is 0. The van der Waals surface area contributed by atoms with E-state index in [0.717, 1.165) is 25.7 Å². The number of fused-ring (bicyclic) bond motifs is 4. The highest BCUT2D eigenvalue weighted by Crippen LogP contribution is 2.53. The molecule has 3 heteroatoms. The maximum Gasteiger partial charge on any atom is 0.251 e. The Hall–Kier alpha value is -6.06. The summed E-state index contributed by atoms with van der Waals surface area (Å²) in [6, 6.07) is 44.6. The number of rotatable bonds is 7. The number of benzene rings is 5. The molecule has 336 valence electrons. The van der Waals surface area contributed by atoms with Gasteiger partial charge in [0.25, 0.3) is 6.71 Å². The Morgan fingerprint density at radius 3 is 2.10 bits per heavy atom. The molecule has 0 saturated carbocycles. The minimum absolute atomic E-state index is 0.0683. The maximum absolute atomic E-state index is 2.74. The zero-order valence-corrected chi connectivity index (χ0v) is 40.9. The van der Waals surface area contributed by atoms with E-state index in [0.29, 0.717) is 11.8 Å². The van der Waals surface area contributed by atoms with Crippen LogP contribution in [0.2, 0.25) is 0 Å². The van der Waals surface area contributed by atoms with Gasteiger partial charge in [-0.1, -0.05) is 194 Å². The Labute approximate surface area is 402 Å². The summed E-state index contributed by atoms with van der Waals surface area (Å²) in [5, 5.41) is 0. The van der Waals surface area contributed by atoms with Gasteiger partial charge in [-0.3, -0.25) is 0 Å². The van der Waals surface area contributed by atoms with E-state index < -0.39 is 0 Å². The third-order valence-electron chi connectivity index (χ3n) is 16.3. The standard InChI is InChI=1S/C64H67BN2/c1-62(2,3)50-31-21-33-54(40-50)67-58-41-51(63(4,5)6)35-37-56(58)65-55-36-34-47(45-24-14-9-15-25-45)39-57(55)66(53-32-20-26-46(38-53)44-22-12-8-13-23-44)59-42-52(43-60(67)61(59)65)64(7,48-27-16-10-17-28-48)49-29-18-11-19-30-49/h9-12,14-20,22,24-29,32-34,36-44,49,51H,8,13,21,23,30-31,35H2,1-7H3. The fraction of sp³-hybridized carbons (Fsp3) is 0.312. The van der Waals surface area contributed by atoms with Crippen LogP contribution >= 0.6 is 0 Å². The summed E-state index contributed by atoms with van der Waals surface area (Å²) in [6.07, 6.45) is 32.4. The molecule has 11 rings (SSSR count). The molecule has 0 amide bonds. The van der Waals surface area contributed by atoms with Crippen LogP contribution in [0, 0.1) is 22.7 Å². The SMILES string of the molecule is CC(C)(C)C1=CC(N2C3=CC(C(C)(C)C)CC=C3B3c4ccc(-c5ccccc5)cc4N(c4cccc(C5C=CCCC5)c4)c4cc(C(C)(c5ccccc5)C5C=CC=CC5)cc2c43)=CCC1. The van der Waals surface area contributed by atoms with Gasteiger partial charge in [0.15, 0.2) is 0 Å². The van der Waals surface area contributed by atoms with Crippen molar-refractivity contribution >= 4 is 40.4 Å². The highest BCUT2D eigenvalue weighted by atomic mass is 15.2. The first-order valence-electron chi connectivity index (χ1n) is 25.3. The third-order valence-corrected chi connectivity index (χ3v) is 16.3. The van der Waals surface area contributed by atoms with E-state index in [4.69, 9.17) is 0 Å². The molecule has 5 aromatic rings. The van der Waals surface area contributed by atoms with E-state index >= 15 is 0 Å². The lowest BCUT2D eigenvalue weighted by Gasteiger charge is -2.49. The van der Waals surface area contributed by atoms with Crippen LogP contribution in [0.3, 0.4) is 0 Å². The van der Waals surface area contributed by atoms with Crippen LogP contribution in [0.15, 0.2) is 198 Å².